The van der Waals surface area contributed by atoms with Gasteiger partial charge in [0.15, 0.2) is 5.13 Å². The number of anilines is 1. The Balaban J connectivity index is 1.56. The van der Waals surface area contributed by atoms with Crippen molar-refractivity contribution in [3.05, 3.63) is 47.1 Å². The number of pyridine rings is 1. The van der Waals surface area contributed by atoms with Crippen molar-refractivity contribution in [2.75, 3.05) is 31.6 Å². The highest BCUT2D eigenvalue weighted by atomic mass is 35.5. The maximum absolute atomic E-state index is 13.5. The lowest BCUT2D eigenvalue weighted by Crippen LogP contribution is -2.35. The molecule has 40 heavy (non-hydrogen) atoms. The SMILES string of the molecule is CCOCCN(CCC(=O)O)S(=O)(=O)c1ccc(C(CC2CCCC2)C(=O)Nc2nc3ccc(Cl)nc3s2)cc1. The van der Waals surface area contributed by atoms with Crippen LogP contribution in [0.1, 0.15) is 56.9 Å². The number of benzene rings is 1. The van der Waals surface area contributed by atoms with Gasteiger partial charge in [0.05, 0.1) is 23.8 Å². The molecule has 1 aliphatic carbocycles. The van der Waals surface area contributed by atoms with Crippen LogP contribution in [0.5, 0.6) is 0 Å². The number of hydrogen-bond donors (Lipinski definition) is 2. The van der Waals surface area contributed by atoms with Crippen molar-refractivity contribution < 1.29 is 27.9 Å². The Labute approximate surface area is 242 Å². The summed E-state index contributed by atoms with van der Waals surface area (Å²) < 4.78 is 33.1. The van der Waals surface area contributed by atoms with Crippen LogP contribution in [0, 0.1) is 5.92 Å². The first-order chi connectivity index (χ1) is 19.2. The van der Waals surface area contributed by atoms with Crippen molar-refractivity contribution in [3.8, 4) is 0 Å². The van der Waals surface area contributed by atoms with Gasteiger partial charge in [-0.1, -0.05) is 60.8 Å². The highest BCUT2D eigenvalue weighted by Gasteiger charge is 2.29. The number of fused-ring (bicyclic) bond motifs is 1. The number of halogens is 1. The summed E-state index contributed by atoms with van der Waals surface area (Å²) in [7, 11) is -3.97. The molecule has 0 bridgehead atoms. The lowest BCUT2D eigenvalue weighted by Gasteiger charge is -2.23. The van der Waals surface area contributed by atoms with Crippen molar-refractivity contribution in [3.63, 3.8) is 0 Å². The normalized spacial score (nSPS) is 15.1. The fraction of sp³-hybridized carbons (Fsp3) is 0.481. The average molecular weight is 609 g/mol. The molecular weight excluding hydrogens is 576 g/mol. The lowest BCUT2D eigenvalue weighted by molar-refractivity contribution is -0.137. The Bertz CT molecular complexity index is 1420. The molecule has 10 nitrogen and oxygen atoms in total. The maximum Gasteiger partial charge on any atom is 0.304 e. The molecule has 0 spiro atoms. The van der Waals surface area contributed by atoms with E-state index in [1.165, 1.54) is 23.5 Å². The van der Waals surface area contributed by atoms with Crippen molar-refractivity contribution in [2.24, 2.45) is 5.92 Å². The number of ether oxygens (including phenoxy) is 1. The second kappa shape index (κ2) is 13.8. The third kappa shape index (κ3) is 7.76. The molecule has 1 saturated carbocycles. The summed E-state index contributed by atoms with van der Waals surface area (Å²) in [6.45, 7) is 2.26. The van der Waals surface area contributed by atoms with Gasteiger partial charge in [-0.3, -0.25) is 9.59 Å². The van der Waals surface area contributed by atoms with Crippen molar-refractivity contribution in [2.45, 2.75) is 56.3 Å². The van der Waals surface area contributed by atoms with Crippen LogP contribution in [-0.2, 0) is 24.3 Å². The predicted octanol–water partition coefficient (Wildman–Crippen LogP) is 5.15. The number of rotatable bonds is 14. The Morgan fingerprint density at radius 3 is 2.55 bits per heavy atom. The highest BCUT2D eigenvalue weighted by Crippen LogP contribution is 2.36. The summed E-state index contributed by atoms with van der Waals surface area (Å²) in [6, 6.07) is 9.70. The van der Waals surface area contributed by atoms with Gasteiger partial charge in [0, 0.05) is 19.7 Å². The molecular formula is C27H33ClN4O6S2. The molecule has 2 N–H and O–H groups in total. The van der Waals surface area contributed by atoms with E-state index in [0.717, 1.165) is 30.0 Å². The minimum atomic E-state index is -3.97. The van der Waals surface area contributed by atoms with Crippen LogP contribution in [-0.4, -0.2) is 66.0 Å². The van der Waals surface area contributed by atoms with Crippen LogP contribution >= 0.6 is 22.9 Å². The van der Waals surface area contributed by atoms with Gasteiger partial charge in [-0.2, -0.15) is 4.31 Å². The Morgan fingerprint density at radius 1 is 1.15 bits per heavy atom. The Morgan fingerprint density at radius 2 is 1.88 bits per heavy atom. The quantitative estimate of drug-likeness (QED) is 0.189. The van der Waals surface area contributed by atoms with Crippen LogP contribution in [0.15, 0.2) is 41.3 Å². The number of carbonyl (C=O) groups is 2. The van der Waals surface area contributed by atoms with Crippen LogP contribution in [0.2, 0.25) is 5.15 Å². The van der Waals surface area contributed by atoms with Gasteiger partial charge < -0.3 is 15.2 Å². The molecule has 13 heteroatoms. The molecule has 3 aromatic rings. The van der Waals surface area contributed by atoms with Gasteiger partial charge in [-0.05, 0) is 49.1 Å². The molecule has 2 aromatic heterocycles. The number of carboxylic acids is 1. The van der Waals surface area contributed by atoms with Crippen LogP contribution in [0.25, 0.3) is 10.3 Å². The zero-order valence-electron chi connectivity index (χ0n) is 22.2. The number of amides is 1. The molecule has 1 amide bonds. The largest absolute Gasteiger partial charge is 0.481 e. The van der Waals surface area contributed by atoms with Crippen LogP contribution in [0.3, 0.4) is 0 Å². The summed E-state index contributed by atoms with van der Waals surface area (Å²) in [5, 5.41) is 12.8. The number of carboxylic acid groups (broad SMARTS) is 1. The van der Waals surface area contributed by atoms with E-state index in [9.17, 15) is 18.0 Å². The number of sulfonamides is 1. The van der Waals surface area contributed by atoms with E-state index in [2.05, 4.69) is 15.3 Å². The smallest absolute Gasteiger partial charge is 0.304 e. The van der Waals surface area contributed by atoms with Crippen LogP contribution < -0.4 is 5.32 Å². The molecule has 1 aromatic carbocycles. The van der Waals surface area contributed by atoms with Gasteiger partial charge in [0.2, 0.25) is 15.9 Å². The Hall–Kier alpha value is -2.64. The van der Waals surface area contributed by atoms with Crippen molar-refractivity contribution in [1.29, 1.82) is 0 Å². The number of thiazole rings is 1. The van der Waals surface area contributed by atoms with E-state index in [-0.39, 0.29) is 36.9 Å². The second-order valence-corrected chi connectivity index (χ2v) is 13.0. The number of hydrogen-bond acceptors (Lipinski definition) is 8. The minimum Gasteiger partial charge on any atom is -0.481 e. The summed E-state index contributed by atoms with van der Waals surface area (Å²) in [4.78, 5) is 34.0. The Kier molecular flexibility index (Phi) is 10.5. The van der Waals surface area contributed by atoms with Gasteiger partial charge in [-0.15, -0.1) is 0 Å². The number of aromatic nitrogens is 2. The number of nitrogens with zero attached hydrogens (tertiary/aromatic N) is 3. The maximum atomic E-state index is 13.5. The monoisotopic (exact) mass is 608 g/mol. The topological polar surface area (TPSA) is 139 Å². The zero-order valence-corrected chi connectivity index (χ0v) is 24.6. The standard InChI is InChI=1S/C27H33ClN4O6S2/c1-2-38-16-15-32(14-13-24(33)34)40(36,37)20-9-7-19(8-10-20)21(17-18-5-3-4-6-18)25(35)31-27-29-22-11-12-23(28)30-26(22)39-27/h7-12,18,21H,2-6,13-17H2,1H3,(H,33,34)(H,29,31,35). The summed E-state index contributed by atoms with van der Waals surface area (Å²) in [5.41, 5.74) is 1.35. The second-order valence-electron chi connectivity index (χ2n) is 9.72. The average Bonchev–Trinajstić information content (AvgIpc) is 3.58. The third-order valence-corrected chi connectivity index (χ3v) is 10.0. The molecule has 0 radical (unpaired) electrons. The molecule has 0 saturated heterocycles. The molecule has 0 aliphatic heterocycles. The van der Waals surface area contributed by atoms with Gasteiger partial charge >= 0.3 is 5.97 Å². The minimum absolute atomic E-state index is 0.0345. The number of carbonyl (C=O) groups excluding carboxylic acids is 1. The van der Waals surface area contributed by atoms with Gasteiger partial charge in [-0.25, -0.2) is 18.4 Å². The zero-order chi connectivity index (χ0) is 28.7. The summed E-state index contributed by atoms with van der Waals surface area (Å²) in [6.07, 6.45) is 4.70. The molecule has 2 heterocycles. The molecule has 1 aliphatic rings. The molecule has 1 unspecified atom stereocenters. The van der Waals surface area contributed by atoms with E-state index in [0.29, 0.717) is 45.1 Å². The predicted molar refractivity (Wildman–Crippen MR) is 154 cm³/mol. The van der Waals surface area contributed by atoms with E-state index >= 15 is 0 Å². The van der Waals surface area contributed by atoms with Crippen molar-refractivity contribution in [1.82, 2.24) is 14.3 Å². The molecule has 1 atom stereocenters. The van der Waals surface area contributed by atoms with Crippen LogP contribution in [0.4, 0.5) is 5.13 Å². The first-order valence-electron chi connectivity index (χ1n) is 13.3. The lowest BCUT2D eigenvalue weighted by atomic mass is 9.87. The molecule has 216 valence electrons. The summed E-state index contributed by atoms with van der Waals surface area (Å²) >= 11 is 7.23. The summed E-state index contributed by atoms with van der Waals surface area (Å²) in [5.74, 6) is -1.39. The van der Waals surface area contributed by atoms with Crippen molar-refractivity contribution >= 4 is 60.3 Å². The first kappa shape index (κ1) is 30.3. The van der Waals surface area contributed by atoms with E-state index in [4.69, 9.17) is 21.4 Å². The fourth-order valence-corrected chi connectivity index (χ4v) is 7.38. The number of nitrogens with one attached hydrogen (secondary N) is 1. The highest BCUT2D eigenvalue weighted by molar-refractivity contribution is 7.89. The van der Waals surface area contributed by atoms with E-state index in [1.54, 1.807) is 31.2 Å². The number of aliphatic carboxylic acids is 1. The van der Waals surface area contributed by atoms with E-state index < -0.39 is 21.9 Å². The third-order valence-electron chi connectivity index (χ3n) is 7.00. The first-order valence-corrected chi connectivity index (χ1v) is 15.9. The molecule has 1 fully saturated rings. The van der Waals surface area contributed by atoms with E-state index in [1.807, 2.05) is 0 Å². The fourth-order valence-electron chi connectivity index (χ4n) is 4.92. The molecule has 4 rings (SSSR count). The van der Waals surface area contributed by atoms with Gasteiger partial charge in [0.25, 0.3) is 0 Å². The van der Waals surface area contributed by atoms with Gasteiger partial charge in [0.1, 0.15) is 15.5 Å².